The fourth-order valence-corrected chi connectivity index (χ4v) is 2.05. The Morgan fingerprint density at radius 1 is 1.12 bits per heavy atom. The molecule has 0 saturated carbocycles. The van der Waals surface area contributed by atoms with E-state index in [0.29, 0.717) is 5.56 Å². The first kappa shape index (κ1) is 21.6. The van der Waals surface area contributed by atoms with Crippen molar-refractivity contribution in [3.63, 3.8) is 0 Å². The fraction of sp³-hybridized carbons (Fsp3) is 0.500. The SMILES string of the molecule is Cc1ccc(CNC(=O)CNC(=O)[C@@H](NC(=O)C(C)C)[C@@H](C)O)c(F)c1. The van der Waals surface area contributed by atoms with Crippen molar-refractivity contribution in [3.05, 3.63) is 35.1 Å². The molecule has 1 aromatic carbocycles. The standard InChI is InChI=1S/C18H26FN3O4/c1-10(2)17(25)22-16(12(4)23)18(26)21-9-15(24)20-8-13-6-5-11(3)7-14(13)19/h5-7,10,12,16,23H,8-9H2,1-4H3,(H,20,24)(H,21,26)(H,22,25)/t12-,16+/m1/s1. The lowest BCUT2D eigenvalue weighted by Gasteiger charge is -2.21. The van der Waals surface area contributed by atoms with E-state index in [0.717, 1.165) is 5.56 Å². The number of halogens is 1. The Bertz CT molecular complexity index is 662. The van der Waals surface area contributed by atoms with E-state index in [4.69, 9.17) is 0 Å². The third kappa shape index (κ3) is 6.79. The largest absolute Gasteiger partial charge is 0.391 e. The van der Waals surface area contributed by atoms with Crippen LogP contribution in [0.15, 0.2) is 18.2 Å². The number of benzene rings is 1. The highest BCUT2D eigenvalue weighted by Crippen LogP contribution is 2.09. The number of rotatable bonds is 8. The topological polar surface area (TPSA) is 108 Å². The smallest absolute Gasteiger partial charge is 0.245 e. The minimum Gasteiger partial charge on any atom is -0.391 e. The molecular weight excluding hydrogens is 341 g/mol. The summed E-state index contributed by atoms with van der Waals surface area (Å²) in [5, 5.41) is 16.9. The fourth-order valence-electron chi connectivity index (χ4n) is 2.05. The minimum atomic E-state index is -1.16. The molecule has 0 bridgehead atoms. The summed E-state index contributed by atoms with van der Waals surface area (Å²) in [6.45, 7) is 6.08. The third-order valence-electron chi connectivity index (χ3n) is 3.69. The Kier molecular flexibility index (Phi) is 8.18. The van der Waals surface area contributed by atoms with E-state index < -0.39 is 29.8 Å². The van der Waals surface area contributed by atoms with Crippen LogP contribution in [0.5, 0.6) is 0 Å². The highest BCUT2D eigenvalue weighted by atomic mass is 19.1. The van der Waals surface area contributed by atoms with Crippen molar-refractivity contribution >= 4 is 17.7 Å². The van der Waals surface area contributed by atoms with Crippen LogP contribution in [0.2, 0.25) is 0 Å². The predicted octanol–water partition coefficient (Wildman–Crippen LogP) is 0.388. The zero-order valence-electron chi connectivity index (χ0n) is 15.4. The van der Waals surface area contributed by atoms with E-state index in [1.165, 1.54) is 13.0 Å². The van der Waals surface area contributed by atoms with Gasteiger partial charge in [0.05, 0.1) is 12.6 Å². The van der Waals surface area contributed by atoms with Gasteiger partial charge in [-0.1, -0.05) is 26.0 Å². The molecule has 4 N–H and O–H groups in total. The summed E-state index contributed by atoms with van der Waals surface area (Å²) in [7, 11) is 0. The second-order valence-corrected chi connectivity index (χ2v) is 6.47. The lowest BCUT2D eigenvalue weighted by atomic mass is 10.1. The molecule has 2 atom stereocenters. The molecule has 7 nitrogen and oxygen atoms in total. The van der Waals surface area contributed by atoms with Crippen molar-refractivity contribution in [2.24, 2.45) is 5.92 Å². The molecule has 0 aromatic heterocycles. The van der Waals surface area contributed by atoms with Gasteiger partial charge in [0.15, 0.2) is 0 Å². The molecule has 0 aliphatic carbocycles. The van der Waals surface area contributed by atoms with Crippen LogP contribution >= 0.6 is 0 Å². The van der Waals surface area contributed by atoms with Crippen molar-refractivity contribution < 1.29 is 23.9 Å². The van der Waals surface area contributed by atoms with E-state index in [2.05, 4.69) is 16.0 Å². The Morgan fingerprint density at radius 2 is 1.77 bits per heavy atom. The number of aliphatic hydroxyl groups is 1. The molecule has 0 spiro atoms. The summed E-state index contributed by atoms with van der Waals surface area (Å²) < 4.78 is 13.7. The van der Waals surface area contributed by atoms with Crippen molar-refractivity contribution in [2.45, 2.75) is 46.4 Å². The van der Waals surface area contributed by atoms with Gasteiger partial charge in [-0.25, -0.2) is 4.39 Å². The highest BCUT2D eigenvalue weighted by molar-refractivity contribution is 5.91. The van der Waals surface area contributed by atoms with Crippen LogP contribution < -0.4 is 16.0 Å². The van der Waals surface area contributed by atoms with Crippen LogP contribution in [-0.2, 0) is 20.9 Å². The van der Waals surface area contributed by atoms with Gasteiger partial charge in [-0.15, -0.1) is 0 Å². The molecule has 1 rings (SSSR count). The molecule has 0 heterocycles. The molecule has 0 fully saturated rings. The third-order valence-corrected chi connectivity index (χ3v) is 3.69. The lowest BCUT2D eigenvalue weighted by molar-refractivity contribution is -0.133. The normalized spacial score (nSPS) is 13.0. The first-order chi connectivity index (χ1) is 12.1. The monoisotopic (exact) mass is 367 g/mol. The average molecular weight is 367 g/mol. The van der Waals surface area contributed by atoms with Crippen molar-refractivity contribution in [1.29, 1.82) is 0 Å². The number of aliphatic hydroxyl groups excluding tert-OH is 1. The average Bonchev–Trinajstić information content (AvgIpc) is 2.56. The first-order valence-electron chi connectivity index (χ1n) is 8.39. The Morgan fingerprint density at radius 3 is 2.31 bits per heavy atom. The maximum atomic E-state index is 13.7. The van der Waals surface area contributed by atoms with Gasteiger partial charge in [-0.3, -0.25) is 14.4 Å². The van der Waals surface area contributed by atoms with Gasteiger partial charge in [0.25, 0.3) is 0 Å². The van der Waals surface area contributed by atoms with Gasteiger partial charge in [0.2, 0.25) is 17.7 Å². The summed E-state index contributed by atoms with van der Waals surface area (Å²) in [4.78, 5) is 35.6. The Labute approximate surface area is 152 Å². The van der Waals surface area contributed by atoms with Crippen molar-refractivity contribution in [1.82, 2.24) is 16.0 Å². The summed E-state index contributed by atoms with van der Waals surface area (Å²) in [6.07, 6.45) is -1.12. The molecule has 0 saturated heterocycles. The maximum absolute atomic E-state index is 13.7. The first-order valence-corrected chi connectivity index (χ1v) is 8.39. The lowest BCUT2D eigenvalue weighted by Crippen LogP contribution is -2.54. The van der Waals surface area contributed by atoms with Crippen LogP contribution in [0.1, 0.15) is 31.9 Å². The van der Waals surface area contributed by atoms with Crippen molar-refractivity contribution in [3.8, 4) is 0 Å². The van der Waals surface area contributed by atoms with E-state index in [1.54, 1.807) is 32.9 Å². The number of hydrogen-bond acceptors (Lipinski definition) is 4. The van der Waals surface area contributed by atoms with Gasteiger partial charge < -0.3 is 21.1 Å². The van der Waals surface area contributed by atoms with Gasteiger partial charge >= 0.3 is 0 Å². The van der Waals surface area contributed by atoms with Gasteiger partial charge in [0.1, 0.15) is 11.9 Å². The van der Waals surface area contributed by atoms with Crippen LogP contribution in [0, 0.1) is 18.7 Å². The minimum absolute atomic E-state index is 0.00919. The van der Waals surface area contributed by atoms with E-state index in [9.17, 15) is 23.9 Å². The highest BCUT2D eigenvalue weighted by Gasteiger charge is 2.26. The molecule has 8 heteroatoms. The molecule has 3 amide bonds. The number of amides is 3. The Balaban J connectivity index is 2.51. The zero-order valence-corrected chi connectivity index (χ0v) is 15.4. The van der Waals surface area contributed by atoms with Crippen LogP contribution in [0.3, 0.4) is 0 Å². The maximum Gasteiger partial charge on any atom is 0.245 e. The van der Waals surface area contributed by atoms with E-state index in [1.807, 2.05) is 0 Å². The quantitative estimate of drug-likeness (QED) is 0.533. The number of hydrogen-bond donors (Lipinski definition) is 4. The molecule has 0 aliphatic rings. The molecule has 26 heavy (non-hydrogen) atoms. The summed E-state index contributed by atoms with van der Waals surface area (Å²) in [5.41, 5.74) is 1.11. The van der Waals surface area contributed by atoms with Gasteiger partial charge in [0, 0.05) is 18.0 Å². The second kappa shape index (κ2) is 9.86. The summed E-state index contributed by atoms with van der Waals surface area (Å²) >= 11 is 0. The molecule has 0 aliphatic heterocycles. The van der Waals surface area contributed by atoms with Crippen molar-refractivity contribution in [2.75, 3.05) is 6.54 Å². The van der Waals surface area contributed by atoms with Crippen LogP contribution in [0.4, 0.5) is 4.39 Å². The number of aryl methyl sites for hydroxylation is 1. The number of carbonyl (C=O) groups excluding carboxylic acids is 3. The zero-order chi connectivity index (χ0) is 19.9. The van der Waals surface area contributed by atoms with E-state index >= 15 is 0 Å². The van der Waals surface area contributed by atoms with Crippen LogP contribution in [-0.4, -0.2) is 41.5 Å². The van der Waals surface area contributed by atoms with E-state index in [-0.39, 0.29) is 24.9 Å². The van der Waals surface area contributed by atoms with Crippen LogP contribution in [0.25, 0.3) is 0 Å². The van der Waals surface area contributed by atoms with Gasteiger partial charge in [-0.2, -0.15) is 0 Å². The molecule has 0 radical (unpaired) electrons. The number of carbonyl (C=O) groups is 3. The molecular formula is C18H26FN3O4. The number of nitrogens with one attached hydrogen (secondary N) is 3. The summed E-state index contributed by atoms with van der Waals surface area (Å²) in [5.74, 6) is -2.34. The van der Waals surface area contributed by atoms with Gasteiger partial charge in [-0.05, 0) is 25.5 Å². The molecule has 1 aromatic rings. The second-order valence-electron chi connectivity index (χ2n) is 6.47. The Hall–Kier alpha value is -2.48. The predicted molar refractivity (Wildman–Crippen MR) is 94.4 cm³/mol. The summed E-state index contributed by atoms with van der Waals surface area (Å²) in [6, 6.07) is 3.52. The molecule has 144 valence electrons. The molecule has 0 unspecified atom stereocenters.